The summed E-state index contributed by atoms with van der Waals surface area (Å²) in [5.41, 5.74) is 0.170. The normalized spacial score (nSPS) is 34.8. The van der Waals surface area contributed by atoms with Crippen LogP contribution >= 0.6 is 0 Å². The first-order chi connectivity index (χ1) is 8.27. The maximum atomic E-state index is 10.4. The molecule has 3 rings (SSSR count). The molecule has 2 atom stereocenters. The number of rotatable bonds is 3. The minimum absolute atomic E-state index is 0.0540. The second-order valence-corrected chi connectivity index (χ2v) is 6.59. The Bertz CT molecular complexity index is 254. The monoisotopic (exact) mass is 238 g/mol. The highest BCUT2D eigenvalue weighted by Crippen LogP contribution is 2.44. The molecule has 0 radical (unpaired) electrons. The van der Waals surface area contributed by atoms with E-state index < -0.39 is 0 Å². The summed E-state index contributed by atoms with van der Waals surface area (Å²) < 4.78 is 6.04. The predicted molar refractivity (Wildman–Crippen MR) is 67.8 cm³/mol. The third-order valence-corrected chi connectivity index (χ3v) is 5.39. The standard InChI is InChI=1S/C15H26O2/c16-14(10-12-4-3-5-12)13-6-9-17-15(11-13)7-1-2-8-15/h12-14,16H,1-11H2. The Balaban J connectivity index is 1.55. The van der Waals surface area contributed by atoms with Crippen LogP contribution in [0, 0.1) is 11.8 Å². The van der Waals surface area contributed by atoms with Crippen molar-refractivity contribution in [3.8, 4) is 0 Å². The van der Waals surface area contributed by atoms with Gasteiger partial charge < -0.3 is 9.84 Å². The molecule has 2 unspecified atom stereocenters. The molecule has 0 aromatic heterocycles. The SMILES string of the molecule is OC(CC1CCC1)C1CCOC2(CCCC2)C1. The molecule has 2 heteroatoms. The third kappa shape index (κ3) is 2.53. The van der Waals surface area contributed by atoms with Crippen molar-refractivity contribution >= 4 is 0 Å². The molecule has 0 aromatic rings. The van der Waals surface area contributed by atoms with E-state index in [9.17, 15) is 5.11 Å². The zero-order valence-corrected chi connectivity index (χ0v) is 10.9. The minimum atomic E-state index is -0.0540. The summed E-state index contributed by atoms with van der Waals surface area (Å²) in [5.74, 6) is 1.34. The van der Waals surface area contributed by atoms with Crippen LogP contribution in [0.15, 0.2) is 0 Å². The molecule has 3 fully saturated rings. The van der Waals surface area contributed by atoms with E-state index in [0.717, 1.165) is 31.8 Å². The van der Waals surface area contributed by atoms with Gasteiger partial charge in [0.05, 0.1) is 11.7 Å². The zero-order chi connectivity index (χ0) is 11.7. The molecule has 1 aliphatic heterocycles. The van der Waals surface area contributed by atoms with E-state index in [2.05, 4.69) is 0 Å². The average Bonchev–Trinajstić information content (AvgIpc) is 2.71. The smallest absolute Gasteiger partial charge is 0.0686 e. The van der Waals surface area contributed by atoms with Gasteiger partial charge in [0.1, 0.15) is 0 Å². The highest BCUT2D eigenvalue weighted by Gasteiger charge is 2.42. The summed E-state index contributed by atoms with van der Waals surface area (Å²) in [4.78, 5) is 0. The number of hydrogen-bond acceptors (Lipinski definition) is 2. The van der Waals surface area contributed by atoms with Crippen LogP contribution < -0.4 is 0 Å². The number of aliphatic hydroxyl groups is 1. The number of hydrogen-bond donors (Lipinski definition) is 1. The molecule has 1 spiro atoms. The predicted octanol–water partition coefficient (Wildman–Crippen LogP) is 3.28. The van der Waals surface area contributed by atoms with E-state index in [1.165, 1.54) is 44.9 Å². The molecule has 17 heavy (non-hydrogen) atoms. The fraction of sp³-hybridized carbons (Fsp3) is 1.00. The van der Waals surface area contributed by atoms with Crippen LogP contribution in [0.4, 0.5) is 0 Å². The van der Waals surface area contributed by atoms with Crippen LogP contribution in [0.1, 0.15) is 64.2 Å². The Morgan fingerprint density at radius 2 is 1.88 bits per heavy atom. The van der Waals surface area contributed by atoms with Crippen LogP contribution in [-0.4, -0.2) is 23.4 Å². The molecular formula is C15H26O2. The van der Waals surface area contributed by atoms with E-state index >= 15 is 0 Å². The van der Waals surface area contributed by atoms with Gasteiger partial charge in [-0.3, -0.25) is 0 Å². The molecule has 3 aliphatic rings. The van der Waals surface area contributed by atoms with Crippen LogP contribution in [0.3, 0.4) is 0 Å². The summed E-state index contributed by atoms with van der Waals surface area (Å²) in [6.07, 6.45) is 12.4. The van der Waals surface area contributed by atoms with Gasteiger partial charge in [0.2, 0.25) is 0 Å². The Labute approximate surface area is 105 Å². The highest BCUT2D eigenvalue weighted by atomic mass is 16.5. The van der Waals surface area contributed by atoms with Gasteiger partial charge in [-0.1, -0.05) is 32.1 Å². The van der Waals surface area contributed by atoms with E-state index in [-0.39, 0.29) is 11.7 Å². The summed E-state index contributed by atoms with van der Waals surface area (Å²) in [7, 11) is 0. The van der Waals surface area contributed by atoms with Gasteiger partial charge in [-0.25, -0.2) is 0 Å². The maximum absolute atomic E-state index is 10.4. The van der Waals surface area contributed by atoms with Gasteiger partial charge in [0.15, 0.2) is 0 Å². The van der Waals surface area contributed by atoms with Crippen LogP contribution in [-0.2, 0) is 4.74 Å². The molecule has 2 nitrogen and oxygen atoms in total. The van der Waals surface area contributed by atoms with Crippen molar-refractivity contribution in [2.24, 2.45) is 11.8 Å². The maximum Gasteiger partial charge on any atom is 0.0686 e. The molecule has 2 saturated carbocycles. The van der Waals surface area contributed by atoms with Crippen molar-refractivity contribution in [3.05, 3.63) is 0 Å². The van der Waals surface area contributed by atoms with Crippen LogP contribution in [0.5, 0.6) is 0 Å². The second kappa shape index (κ2) is 4.89. The lowest BCUT2D eigenvalue weighted by Crippen LogP contribution is -2.41. The van der Waals surface area contributed by atoms with Crippen molar-refractivity contribution in [2.75, 3.05) is 6.61 Å². The molecule has 98 valence electrons. The fourth-order valence-electron chi connectivity index (χ4n) is 4.02. The van der Waals surface area contributed by atoms with Gasteiger partial charge in [0.25, 0.3) is 0 Å². The number of ether oxygens (including phenoxy) is 1. The molecule has 2 aliphatic carbocycles. The van der Waals surface area contributed by atoms with Gasteiger partial charge in [-0.15, -0.1) is 0 Å². The Morgan fingerprint density at radius 1 is 1.12 bits per heavy atom. The van der Waals surface area contributed by atoms with Crippen molar-refractivity contribution in [1.82, 2.24) is 0 Å². The highest BCUT2D eigenvalue weighted by molar-refractivity contribution is 4.93. The Hall–Kier alpha value is -0.0800. The first kappa shape index (κ1) is 12.0. The van der Waals surface area contributed by atoms with Crippen LogP contribution in [0.2, 0.25) is 0 Å². The molecule has 0 aromatic carbocycles. The summed E-state index contributed by atoms with van der Waals surface area (Å²) in [5, 5.41) is 10.4. The average molecular weight is 238 g/mol. The van der Waals surface area contributed by atoms with Crippen LogP contribution in [0.25, 0.3) is 0 Å². The summed E-state index contributed by atoms with van der Waals surface area (Å²) in [6.45, 7) is 0.881. The zero-order valence-electron chi connectivity index (χ0n) is 10.9. The lowest BCUT2D eigenvalue weighted by atomic mass is 9.75. The molecule has 1 N–H and O–H groups in total. The Kier molecular flexibility index (Phi) is 3.45. The van der Waals surface area contributed by atoms with Crippen molar-refractivity contribution in [2.45, 2.75) is 75.9 Å². The molecule has 0 amide bonds. The van der Waals surface area contributed by atoms with Crippen molar-refractivity contribution in [3.63, 3.8) is 0 Å². The minimum Gasteiger partial charge on any atom is -0.393 e. The van der Waals surface area contributed by atoms with E-state index in [0.29, 0.717) is 5.92 Å². The van der Waals surface area contributed by atoms with Gasteiger partial charge in [-0.05, 0) is 43.9 Å². The molecule has 1 saturated heterocycles. The van der Waals surface area contributed by atoms with Gasteiger partial charge >= 0.3 is 0 Å². The summed E-state index contributed by atoms with van der Waals surface area (Å²) in [6, 6.07) is 0. The van der Waals surface area contributed by atoms with Gasteiger partial charge in [-0.2, -0.15) is 0 Å². The van der Waals surface area contributed by atoms with E-state index in [4.69, 9.17) is 4.74 Å². The third-order valence-electron chi connectivity index (χ3n) is 5.39. The lowest BCUT2D eigenvalue weighted by molar-refractivity contribution is -0.115. The second-order valence-electron chi connectivity index (χ2n) is 6.59. The molecular weight excluding hydrogens is 212 g/mol. The fourth-order valence-corrected chi connectivity index (χ4v) is 4.02. The summed E-state index contributed by atoms with van der Waals surface area (Å²) >= 11 is 0. The van der Waals surface area contributed by atoms with Crippen molar-refractivity contribution in [1.29, 1.82) is 0 Å². The van der Waals surface area contributed by atoms with Gasteiger partial charge in [0, 0.05) is 6.61 Å². The first-order valence-electron chi connectivity index (χ1n) is 7.59. The topological polar surface area (TPSA) is 29.5 Å². The quantitative estimate of drug-likeness (QED) is 0.817. The Morgan fingerprint density at radius 3 is 2.53 bits per heavy atom. The molecule has 0 bridgehead atoms. The van der Waals surface area contributed by atoms with E-state index in [1.807, 2.05) is 0 Å². The van der Waals surface area contributed by atoms with Crippen molar-refractivity contribution < 1.29 is 9.84 Å². The lowest BCUT2D eigenvalue weighted by Gasteiger charge is -2.41. The number of aliphatic hydroxyl groups excluding tert-OH is 1. The first-order valence-corrected chi connectivity index (χ1v) is 7.59. The molecule has 1 heterocycles. The van der Waals surface area contributed by atoms with E-state index in [1.54, 1.807) is 0 Å². The largest absolute Gasteiger partial charge is 0.393 e.